The second-order valence-corrected chi connectivity index (χ2v) is 5.25. The predicted octanol–water partition coefficient (Wildman–Crippen LogP) is 4.76. The Morgan fingerprint density at radius 1 is 1.37 bits per heavy atom. The van der Waals surface area contributed by atoms with Gasteiger partial charge in [0.1, 0.15) is 12.4 Å². The largest absolute Gasteiger partial charge is 0.489 e. The van der Waals surface area contributed by atoms with Gasteiger partial charge in [-0.2, -0.15) is 0 Å². The highest BCUT2D eigenvalue weighted by atomic mass is 32.1. The highest BCUT2D eigenvalue weighted by Crippen LogP contribution is 2.24. The number of ether oxygens (including phenoxy) is 1. The van der Waals surface area contributed by atoms with E-state index >= 15 is 0 Å². The van der Waals surface area contributed by atoms with Crippen LogP contribution >= 0.6 is 11.3 Å². The van der Waals surface area contributed by atoms with Crippen molar-refractivity contribution in [3.8, 4) is 17.0 Å². The van der Waals surface area contributed by atoms with Crippen LogP contribution in [0.25, 0.3) is 11.3 Å². The average Bonchev–Trinajstić information content (AvgIpc) is 2.87. The van der Waals surface area contributed by atoms with Gasteiger partial charge < -0.3 is 4.74 Å². The Hall–Kier alpha value is -1.68. The number of benzene rings is 1. The summed E-state index contributed by atoms with van der Waals surface area (Å²) in [5, 5.41) is 3.09. The number of halogens is 1. The molecule has 0 saturated carbocycles. The fraction of sp³-hybridized carbons (Fsp3) is 0.267. The molecule has 0 aliphatic carbocycles. The van der Waals surface area contributed by atoms with Crippen molar-refractivity contribution >= 4 is 11.3 Å². The second kappa shape index (κ2) is 6.48. The van der Waals surface area contributed by atoms with E-state index in [0.717, 1.165) is 22.0 Å². The molecule has 0 radical (unpaired) electrons. The maximum Gasteiger partial charge on any atom is 0.119 e. The van der Waals surface area contributed by atoms with Gasteiger partial charge in [-0.3, -0.25) is 0 Å². The number of aromatic nitrogens is 1. The molecule has 19 heavy (non-hydrogen) atoms. The van der Waals surface area contributed by atoms with E-state index in [2.05, 4.69) is 4.98 Å². The lowest BCUT2D eigenvalue weighted by molar-refractivity contribution is 0.345. The molecule has 1 aromatic heterocycles. The topological polar surface area (TPSA) is 22.1 Å². The van der Waals surface area contributed by atoms with Crippen molar-refractivity contribution in [1.29, 1.82) is 0 Å². The molecule has 4 heteroatoms. The molecule has 0 fully saturated rings. The van der Waals surface area contributed by atoms with Gasteiger partial charge >= 0.3 is 0 Å². The molecule has 100 valence electrons. The van der Waals surface area contributed by atoms with E-state index < -0.39 is 0 Å². The first-order valence-electron chi connectivity index (χ1n) is 6.16. The minimum atomic E-state index is 0.294. The van der Waals surface area contributed by atoms with Crippen LogP contribution in [0.4, 0.5) is 4.39 Å². The van der Waals surface area contributed by atoms with Gasteiger partial charge in [-0.05, 0) is 43.2 Å². The summed E-state index contributed by atoms with van der Waals surface area (Å²) in [6.07, 6.45) is 1.28. The highest BCUT2D eigenvalue weighted by molar-refractivity contribution is 7.09. The molecule has 0 atom stereocenters. The van der Waals surface area contributed by atoms with Crippen molar-refractivity contribution in [3.05, 3.63) is 46.6 Å². The van der Waals surface area contributed by atoms with E-state index in [4.69, 9.17) is 4.74 Å². The zero-order valence-corrected chi connectivity index (χ0v) is 11.8. The minimum Gasteiger partial charge on any atom is -0.489 e. The molecule has 2 aromatic rings. The SMILES string of the molecule is CCC(=CF)COc1ccc(-c2csc(C)n2)cc1. The van der Waals surface area contributed by atoms with Crippen LogP contribution in [0, 0.1) is 6.92 Å². The second-order valence-electron chi connectivity index (χ2n) is 4.19. The summed E-state index contributed by atoms with van der Waals surface area (Å²) in [4.78, 5) is 4.43. The maximum absolute atomic E-state index is 12.4. The van der Waals surface area contributed by atoms with Crippen molar-refractivity contribution in [3.63, 3.8) is 0 Å². The van der Waals surface area contributed by atoms with Gasteiger partial charge in [0.05, 0.1) is 17.0 Å². The molecular formula is C15H16FNOS. The summed E-state index contributed by atoms with van der Waals surface area (Å²) in [6, 6.07) is 7.70. The minimum absolute atomic E-state index is 0.294. The van der Waals surface area contributed by atoms with Crippen LogP contribution in [-0.4, -0.2) is 11.6 Å². The van der Waals surface area contributed by atoms with Gasteiger partial charge in [-0.1, -0.05) is 6.92 Å². The van der Waals surface area contributed by atoms with Crippen LogP contribution in [0.1, 0.15) is 18.4 Å². The van der Waals surface area contributed by atoms with Crippen LogP contribution in [0.3, 0.4) is 0 Å². The third-order valence-electron chi connectivity index (χ3n) is 2.80. The smallest absolute Gasteiger partial charge is 0.119 e. The fourth-order valence-corrected chi connectivity index (χ4v) is 2.23. The Kier molecular flexibility index (Phi) is 4.68. The Bertz CT molecular complexity index is 560. The summed E-state index contributed by atoms with van der Waals surface area (Å²) in [7, 11) is 0. The molecule has 0 spiro atoms. The van der Waals surface area contributed by atoms with Gasteiger partial charge in [0.25, 0.3) is 0 Å². The summed E-state index contributed by atoms with van der Waals surface area (Å²) >= 11 is 1.63. The van der Waals surface area contributed by atoms with E-state index in [1.165, 1.54) is 0 Å². The third kappa shape index (κ3) is 3.64. The summed E-state index contributed by atoms with van der Waals surface area (Å²) in [5.41, 5.74) is 2.69. The normalized spacial score (nSPS) is 11.6. The molecule has 0 unspecified atom stereocenters. The molecule has 0 N–H and O–H groups in total. The molecule has 0 bridgehead atoms. The van der Waals surface area contributed by atoms with Crippen molar-refractivity contribution in [2.75, 3.05) is 6.61 Å². The highest BCUT2D eigenvalue weighted by Gasteiger charge is 2.03. The monoisotopic (exact) mass is 277 g/mol. The van der Waals surface area contributed by atoms with Crippen LogP contribution in [0.15, 0.2) is 41.5 Å². The molecule has 0 aliphatic heterocycles. The quantitative estimate of drug-likeness (QED) is 0.786. The van der Waals surface area contributed by atoms with E-state index in [-0.39, 0.29) is 0 Å². The first-order valence-corrected chi connectivity index (χ1v) is 7.04. The molecule has 0 aliphatic rings. The van der Waals surface area contributed by atoms with E-state index in [0.29, 0.717) is 24.9 Å². The molecule has 1 aromatic carbocycles. The molecule has 2 rings (SSSR count). The summed E-state index contributed by atoms with van der Waals surface area (Å²) in [6.45, 7) is 4.19. The Morgan fingerprint density at radius 2 is 2.11 bits per heavy atom. The van der Waals surface area contributed by atoms with Gasteiger partial charge in [0, 0.05) is 10.9 Å². The van der Waals surface area contributed by atoms with E-state index in [1.54, 1.807) is 11.3 Å². The fourth-order valence-electron chi connectivity index (χ4n) is 1.60. The predicted molar refractivity (Wildman–Crippen MR) is 77.3 cm³/mol. The zero-order chi connectivity index (χ0) is 13.7. The van der Waals surface area contributed by atoms with Crippen LogP contribution < -0.4 is 4.74 Å². The summed E-state index contributed by atoms with van der Waals surface area (Å²) < 4.78 is 17.9. The van der Waals surface area contributed by atoms with Crippen molar-refractivity contribution in [2.24, 2.45) is 0 Å². The summed E-state index contributed by atoms with van der Waals surface area (Å²) in [5.74, 6) is 0.739. The van der Waals surface area contributed by atoms with Crippen LogP contribution in [0.2, 0.25) is 0 Å². The van der Waals surface area contributed by atoms with Gasteiger partial charge in [-0.15, -0.1) is 11.3 Å². The Balaban J connectivity index is 2.02. The van der Waals surface area contributed by atoms with Crippen molar-refractivity contribution in [1.82, 2.24) is 4.98 Å². The first kappa shape index (κ1) is 13.7. The van der Waals surface area contributed by atoms with Crippen LogP contribution in [0.5, 0.6) is 5.75 Å². The number of thiazole rings is 1. The molecule has 2 nitrogen and oxygen atoms in total. The van der Waals surface area contributed by atoms with Crippen LogP contribution in [-0.2, 0) is 0 Å². The average molecular weight is 277 g/mol. The maximum atomic E-state index is 12.4. The number of hydrogen-bond donors (Lipinski definition) is 0. The molecule has 0 saturated heterocycles. The van der Waals surface area contributed by atoms with E-state index in [9.17, 15) is 4.39 Å². The lowest BCUT2D eigenvalue weighted by Gasteiger charge is -2.07. The third-order valence-corrected chi connectivity index (χ3v) is 3.58. The number of nitrogens with zero attached hydrogens (tertiary/aromatic N) is 1. The molecule has 0 amide bonds. The number of hydrogen-bond acceptors (Lipinski definition) is 3. The standard InChI is InChI=1S/C15H16FNOS/c1-3-12(8-16)9-18-14-6-4-13(5-7-14)15-10-19-11(2)17-15/h4-8,10H,3,9H2,1-2H3. The van der Waals surface area contributed by atoms with Gasteiger partial charge in [-0.25, -0.2) is 9.37 Å². The molecular weight excluding hydrogens is 261 g/mol. The molecule has 1 heterocycles. The van der Waals surface area contributed by atoms with Gasteiger partial charge in [0.2, 0.25) is 0 Å². The van der Waals surface area contributed by atoms with Crippen molar-refractivity contribution < 1.29 is 9.13 Å². The number of aryl methyl sites for hydroxylation is 1. The Labute approximate surface area is 116 Å². The first-order chi connectivity index (χ1) is 9.22. The lowest BCUT2D eigenvalue weighted by Crippen LogP contribution is -1.99. The number of rotatable bonds is 5. The van der Waals surface area contributed by atoms with Gasteiger partial charge in [0.15, 0.2) is 0 Å². The Morgan fingerprint density at radius 3 is 2.63 bits per heavy atom. The lowest BCUT2D eigenvalue weighted by atomic mass is 10.2. The zero-order valence-electron chi connectivity index (χ0n) is 11.0. The van der Waals surface area contributed by atoms with E-state index in [1.807, 2.05) is 43.5 Å². The van der Waals surface area contributed by atoms with Crippen molar-refractivity contribution in [2.45, 2.75) is 20.3 Å².